The fourth-order valence-corrected chi connectivity index (χ4v) is 8.15. The molecule has 7 amide bonds. The average molecular weight is 1020 g/mol. The number of fused-ring (bicyclic) bond motifs is 9. The maximum Gasteiger partial charge on any atom is 0.332 e. The number of carbonyl (C=O) groups is 9. The second kappa shape index (κ2) is 25.2. The van der Waals surface area contributed by atoms with Gasteiger partial charge in [-0.3, -0.25) is 38.4 Å². The third kappa shape index (κ3) is 14.8. The third-order valence-corrected chi connectivity index (χ3v) is 13.4. The number of epoxide rings is 1. The number of aliphatic hydroxyl groups excluding tert-OH is 2. The summed E-state index contributed by atoms with van der Waals surface area (Å²) in [6, 6.07) is 4.69. The van der Waals surface area contributed by atoms with Crippen LogP contribution in [0.4, 0.5) is 0 Å². The van der Waals surface area contributed by atoms with Crippen LogP contribution in [0.25, 0.3) is 0 Å². The summed E-state index contributed by atoms with van der Waals surface area (Å²) in [4.78, 5) is 129. The summed E-state index contributed by atoms with van der Waals surface area (Å²) in [5, 5.41) is 37.1. The van der Waals surface area contributed by atoms with Crippen molar-refractivity contribution < 1.29 is 72.3 Å². The van der Waals surface area contributed by atoms with Crippen LogP contribution in [-0.4, -0.2) is 155 Å². The number of carbonyl (C=O) groups excluding carboxylic acids is 9. The molecular weight excluding hydrogens is 951 g/mol. The van der Waals surface area contributed by atoms with Crippen molar-refractivity contribution in [2.75, 3.05) is 26.8 Å². The van der Waals surface area contributed by atoms with Gasteiger partial charge >= 0.3 is 11.9 Å². The van der Waals surface area contributed by atoms with Crippen molar-refractivity contribution in [3.63, 3.8) is 0 Å². The fraction of sp³-hybridized carbons (Fsp3) is 0.549. The van der Waals surface area contributed by atoms with Gasteiger partial charge in [-0.1, -0.05) is 83.5 Å². The molecule has 2 aromatic carbocycles. The second-order valence-electron chi connectivity index (χ2n) is 19.2. The molecule has 4 aliphatic heterocycles. The van der Waals surface area contributed by atoms with Crippen molar-refractivity contribution in [3.05, 3.63) is 77.9 Å². The molecule has 22 heteroatoms. The van der Waals surface area contributed by atoms with E-state index < -0.39 is 150 Å². The summed E-state index contributed by atoms with van der Waals surface area (Å²) >= 11 is 0. The van der Waals surface area contributed by atoms with Gasteiger partial charge in [0, 0.05) is 19.5 Å². The number of nitrogens with zero attached hydrogens (tertiary/aromatic N) is 1. The standard InChI is InChI=1S/C51H69N7O15/c1-10-27(4)39-46(65)57-42-33-16-18-34(19-17-33)73-31(8)51(25-71-51)21-20-37(60)52-23-38(61)70-24-35(50(69)72-30(7)41(48(67)54-39)56-44(63)28(5)43(62)26(2)3)53-47(66)40(29(6)59)55-45(64)36(58(9)49(42)68)22-32-14-12-11-13-15-32/h11-21,26-31,35-36,39-43,59,62H,10,22-25H2,1-9H3,(H,52,60)(H,53,66)(H,54,67)(H,55,64)(H,56,63)(H,57,65)/b21-20-/t27-,28+,29+,30+,31+,35-,36-,39+,40+,41-,42-,43+,51-/m0/s1. The molecule has 4 aliphatic rings. The number of ether oxygens (including phenoxy) is 4. The zero-order chi connectivity index (χ0) is 53.9. The summed E-state index contributed by atoms with van der Waals surface area (Å²) in [7, 11) is 1.32. The number of amides is 7. The lowest BCUT2D eigenvalue weighted by molar-refractivity contribution is -0.160. The van der Waals surface area contributed by atoms with Crippen LogP contribution in [0, 0.1) is 17.8 Å². The Hall–Kier alpha value is -6.91. The molecule has 13 atom stereocenters. The number of aliphatic hydroxyl groups is 2. The highest BCUT2D eigenvalue weighted by molar-refractivity contribution is 5.98. The smallest absolute Gasteiger partial charge is 0.332 e. The molecule has 6 rings (SSSR count). The van der Waals surface area contributed by atoms with Crippen molar-refractivity contribution >= 4 is 53.3 Å². The van der Waals surface area contributed by atoms with Gasteiger partial charge in [-0.05, 0) is 61.9 Å². The summed E-state index contributed by atoms with van der Waals surface area (Å²) in [6.07, 6.45) is -2.39. The van der Waals surface area contributed by atoms with Crippen molar-refractivity contribution in [3.8, 4) is 5.75 Å². The lowest BCUT2D eigenvalue weighted by Gasteiger charge is -2.34. The highest BCUT2D eigenvalue weighted by Gasteiger charge is 2.49. The number of nitrogens with one attached hydrogen (secondary N) is 6. The molecule has 73 heavy (non-hydrogen) atoms. The first-order chi connectivity index (χ1) is 34.5. The molecule has 0 unspecified atom stereocenters. The summed E-state index contributed by atoms with van der Waals surface area (Å²) in [6.45, 7) is 10.8. The van der Waals surface area contributed by atoms with Crippen molar-refractivity contribution in [2.24, 2.45) is 17.8 Å². The number of benzene rings is 2. The van der Waals surface area contributed by atoms with Gasteiger partial charge in [0.2, 0.25) is 41.4 Å². The number of hydrogen-bond acceptors (Lipinski definition) is 15. The van der Waals surface area contributed by atoms with Gasteiger partial charge in [0.15, 0.2) is 6.04 Å². The van der Waals surface area contributed by atoms with Crippen LogP contribution in [0.1, 0.15) is 79.0 Å². The Morgan fingerprint density at radius 2 is 1.45 bits per heavy atom. The van der Waals surface area contributed by atoms with Crippen LogP contribution < -0.4 is 36.6 Å². The fourth-order valence-electron chi connectivity index (χ4n) is 8.15. The predicted molar refractivity (Wildman–Crippen MR) is 260 cm³/mol. The molecule has 0 radical (unpaired) electrons. The molecule has 2 fully saturated rings. The highest BCUT2D eigenvalue weighted by Crippen LogP contribution is 2.35. The van der Waals surface area contributed by atoms with Gasteiger partial charge in [-0.15, -0.1) is 0 Å². The largest absolute Gasteiger partial charge is 0.487 e. The SMILES string of the molecule is CC[C@H](C)[C@H]1NC(=O)[C@@H](NC(=O)[C@H](C)[C@H](O)C(C)C)[C@@H](C)OC(=O)[C@@H]2COC(=O)CNC(=O)/C=C\[C@]3(CO3)[C@@H](C)Oc3ccc(cc3)[C@H](NC1=O)C(=O)N(C)[C@@H](Cc1ccccc1)C(=O)N[C@H]([C@@H](C)O)C(=O)N2. The maximum absolute atomic E-state index is 15.2. The minimum Gasteiger partial charge on any atom is -0.487 e. The van der Waals surface area contributed by atoms with Crippen LogP contribution in [0.5, 0.6) is 5.75 Å². The molecule has 0 aromatic heterocycles. The van der Waals surface area contributed by atoms with Gasteiger partial charge in [0.25, 0.3) is 0 Å². The van der Waals surface area contributed by atoms with E-state index in [1.54, 1.807) is 65.0 Å². The first-order valence-electron chi connectivity index (χ1n) is 24.4. The van der Waals surface area contributed by atoms with E-state index in [0.29, 0.717) is 17.7 Å². The van der Waals surface area contributed by atoms with E-state index in [1.165, 1.54) is 58.2 Å². The molecular formula is C51H69N7O15. The zero-order valence-electron chi connectivity index (χ0n) is 42.5. The molecule has 22 nitrogen and oxygen atoms in total. The first-order valence-corrected chi connectivity index (χ1v) is 24.4. The van der Waals surface area contributed by atoms with Crippen LogP contribution in [0.2, 0.25) is 0 Å². The molecule has 4 bridgehead atoms. The Morgan fingerprint density at radius 1 is 0.822 bits per heavy atom. The third-order valence-electron chi connectivity index (χ3n) is 13.4. The predicted octanol–water partition coefficient (Wildman–Crippen LogP) is -0.356. The highest BCUT2D eigenvalue weighted by atomic mass is 16.6. The molecule has 0 aliphatic carbocycles. The Labute approximate surface area is 424 Å². The van der Waals surface area contributed by atoms with Crippen molar-refractivity contribution in [2.45, 2.75) is 134 Å². The quantitative estimate of drug-likeness (QED) is 0.118. The summed E-state index contributed by atoms with van der Waals surface area (Å²) in [5.74, 6) is -10.7. The van der Waals surface area contributed by atoms with E-state index in [2.05, 4.69) is 31.9 Å². The Kier molecular flexibility index (Phi) is 19.6. The number of esters is 2. The lowest BCUT2D eigenvalue weighted by Crippen LogP contribution is -2.61. The maximum atomic E-state index is 15.2. The molecule has 1 spiro atoms. The van der Waals surface area contributed by atoms with Crippen molar-refractivity contribution in [1.82, 2.24) is 36.8 Å². The van der Waals surface area contributed by atoms with Gasteiger partial charge in [0.05, 0.1) is 24.7 Å². The monoisotopic (exact) mass is 1020 g/mol. The van der Waals surface area contributed by atoms with Crippen LogP contribution in [0.15, 0.2) is 66.7 Å². The van der Waals surface area contributed by atoms with Gasteiger partial charge in [-0.25, -0.2) is 4.79 Å². The van der Waals surface area contributed by atoms with E-state index in [1.807, 2.05) is 0 Å². The minimum absolute atomic E-state index is 0.141. The van der Waals surface area contributed by atoms with Gasteiger partial charge in [-0.2, -0.15) is 0 Å². The Balaban J connectivity index is 1.72. The normalized spacial score (nSPS) is 29.3. The number of hydrogen-bond donors (Lipinski definition) is 8. The minimum atomic E-state index is -1.94. The molecule has 2 aromatic rings. The number of likely N-dealkylation sites (N-methyl/N-ethyl adjacent to an activating group) is 1. The lowest BCUT2D eigenvalue weighted by atomic mass is 9.93. The summed E-state index contributed by atoms with van der Waals surface area (Å²) in [5.41, 5.74) is -0.249. The van der Waals surface area contributed by atoms with Gasteiger partial charge < -0.3 is 66.0 Å². The van der Waals surface area contributed by atoms with Crippen LogP contribution >= 0.6 is 0 Å². The molecule has 8 N–H and O–H groups in total. The van der Waals surface area contributed by atoms with E-state index in [4.69, 9.17) is 18.9 Å². The number of rotatable bonds is 9. The Morgan fingerprint density at radius 3 is 2.05 bits per heavy atom. The van der Waals surface area contributed by atoms with E-state index in [-0.39, 0.29) is 18.6 Å². The zero-order valence-corrected chi connectivity index (χ0v) is 42.5. The second-order valence-corrected chi connectivity index (χ2v) is 19.2. The molecule has 0 saturated carbocycles. The first kappa shape index (κ1) is 57.0. The van der Waals surface area contributed by atoms with Crippen LogP contribution in [0.3, 0.4) is 0 Å². The van der Waals surface area contributed by atoms with Gasteiger partial charge in [0.1, 0.15) is 66.9 Å². The van der Waals surface area contributed by atoms with E-state index in [9.17, 15) is 48.6 Å². The molecule has 4 heterocycles. The Bertz CT molecular complexity index is 2360. The van der Waals surface area contributed by atoms with E-state index >= 15 is 4.79 Å². The van der Waals surface area contributed by atoms with Crippen LogP contribution in [-0.2, 0) is 63.8 Å². The summed E-state index contributed by atoms with van der Waals surface area (Å²) < 4.78 is 23.0. The molecule has 2 saturated heterocycles. The van der Waals surface area contributed by atoms with Crippen molar-refractivity contribution in [1.29, 1.82) is 0 Å². The topological polar surface area (TPSA) is 310 Å². The molecule has 398 valence electrons. The number of cyclic esters (lactones) is 1. The average Bonchev–Trinajstić information content (AvgIpc) is 4.17. The van der Waals surface area contributed by atoms with E-state index in [0.717, 1.165) is 11.0 Å².